The predicted molar refractivity (Wildman–Crippen MR) is 106 cm³/mol. The summed E-state index contributed by atoms with van der Waals surface area (Å²) in [5.41, 5.74) is 3.17. The lowest BCUT2D eigenvalue weighted by molar-refractivity contribution is 0.590. The van der Waals surface area contributed by atoms with Crippen LogP contribution in [-0.4, -0.2) is 21.1 Å². The smallest absolute Gasteiger partial charge is 0.216 e. The van der Waals surface area contributed by atoms with Gasteiger partial charge in [-0.3, -0.25) is 0 Å². The van der Waals surface area contributed by atoms with Gasteiger partial charge < -0.3 is 0 Å². The molecule has 2 aromatic carbocycles. The van der Waals surface area contributed by atoms with Crippen LogP contribution < -0.4 is 0 Å². The highest BCUT2D eigenvalue weighted by molar-refractivity contribution is 7.71. The topological polar surface area (TPSA) is 46.0 Å². The van der Waals surface area contributed by atoms with Crippen LogP contribution in [0.15, 0.2) is 53.6 Å². The van der Waals surface area contributed by atoms with E-state index in [2.05, 4.69) is 48.2 Å². The molecule has 0 aliphatic heterocycles. The molecule has 4 nitrogen and oxygen atoms in total. The Kier molecular flexibility index (Phi) is 4.88. The lowest BCUT2D eigenvalue weighted by atomic mass is 9.87. The van der Waals surface area contributed by atoms with Crippen molar-refractivity contribution in [1.29, 1.82) is 0 Å². The number of nitrogens with one attached hydrogen (secondary N) is 1. The maximum atomic E-state index is 6.26. The molecule has 0 atom stereocenters. The van der Waals surface area contributed by atoms with Gasteiger partial charge in [-0.25, -0.2) is 5.10 Å². The third kappa shape index (κ3) is 3.89. The minimum atomic E-state index is 0.125. The number of hydrogen-bond acceptors (Lipinski definition) is 3. The van der Waals surface area contributed by atoms with Crippen LogP contribution in [0.5, 0.6) is 0 Å². The average Bonchev–Trinajstić information content (AvgIpc) is 2.93. The fourth-order valence-corrected chi connectivity index (χ4v) is 2.81. The Labute approximate surface area is 157 Å². The fourth-order valence-electron chi connectivity index (χ4n) is 2.41. The van der Waals surface area contributed by atoms with Gasteiger partial charge in [-0.1, -0.05) is 68.8 Å². The molecule has 1 heterocycles. The molecule has 0 aliphatic rings. The van der Waals surface area contributed by atoms with Crippen molar-refractivity contribution >= 4 is 30.0 Å². The van der Waals surface area contributed by atoms with E-state index in [1.54, 1.807) is 10.9 Å². The van der Waals surface area contributed by atoms with Crippen molar-refractivity contribution in [1.82, 2.24) is 14.9 Å². The van der Waals surface area contributed by atoms with Crippen LogP contribution in [-0.2, 0) is 5.41 Å². The summed E-state index contributed by atoms with van der Waals surface area (Å²) in [6.07, 6.45) is 1.76. The molecule has 0 amide bonds. The zero-order valence-electron chi connectivity index (χ0n) is 14.3. The van der Waals surface area contributed by atoms with E-state index in [4.69, 9.17) is 23.8 Å². The lowest BCUT2D eigenvalue weighted by Crippen LogP contribution is -2.10. The lowest BCUT2D eigenvalue weighted by Gasteiger charge is -2.18. The van der Waals surface area contributed by atoms with Crippen molar-refractivity contribution in [3.8, 4) is 11.4 Å². The summed E-state index contributed by atoms with van der Waals surface area (Å²) in [6, 6.07) is 15.8. The average molecular weight is 371 g/mol. The van der Waals surface area contributed by atoms with Crippen molar-refractivity contribution in [2.24, 2.45) is 5.10 Å². The summed E-state index contributed by atoms with van der Waals surface area (Å²) in [4.78, 5) is 0. The van der Waals surface area contributed by atoms with Gasteiger partial charge in [0, 0.05) is 5.56 Å². The second-order valence-corrected chi connectivity index (χ2v) is 7.55. The maximum Gasteiger partial charge on any atom is 0.216 e. The molecule has 128 valence electrons. The Hall–Kier alpha value is -2.24. The highest BCUT2D eigenvalue weighted by Crippen LogP contribution is 2.26. The van der Waals surface area contributed by atoms with Gasteiger partial charge in [0.25, 0.3) is 0 Å². The van der Waals surface area contributed by atoms with E-state index in [9.17, 15) is 0 Å². The fraction of sp³-hybridized carbons (Fsp3) is 0.211. The largest absolute Gasteiger partial charge is 0.250 e. The van der Waals surface area contributed by atoms with E-state index in [0.29, 0.717) is 15.6 Å². The molecule has 0 spiro atoms. The summed E-state index contributed by atoms with van der Waals surface area (Å²) in [6.45, 7) is 6.57. The SMILES string of the molecule is CC(C)(C)c1ccc(C=Nn2c(-c3ccccc3Cl)n[nH]c2=S)cc1. The monoisotopic (exact) mass is 370 g/mol. The minimum Gasteiger partial charge on any atom is -0.250 e. The van der Waals surface area contributed by atoms with Crippen molar-refractivity contribution in [3.05, 3.63) is 69.5 Å². The second kappa shape index (κ2) is 6.94. The van der Waals surface area contributed by atoms with E-state index in [-0.39, 0.29) is 5.41 Å². The highest BCUT2D eigenvalue weighted by atomic mass is 35.5. The minimum absolute atomic E-state index is 0.125. The summed E-state index contributed by atoms with van der Waals surface area (Å²) >= 11 is 11.6. The van der Waals surface area contributed by atoms with Gasteiger partial charge in [-0.2, -0.15) is 14.9 Å². The Morgan fingerprint density at radius 1 is 1.12 bits per heavy atom. The van der Waals surface area contributed by atoms with Crippen LogP contribution in [0.1, 0.15) is 31.9 Å². The third-order valence-corrected chi connectivity index (χ3v) is 4.46. The molecule has 0 unspecified atom stereocenters. The van der Waals surface area contributed by atoms with E-state index in [1.165, 1.54) is 5.56 Å². The van der Waals surface area contributed by atoms with E-state index < -0.39 is 0 Å². The number of aromatic nitrogens is 3. The molecule has 0 aliphatic carbocycles. The molecule has 0 fully saturated rings. The predicted octanol–water partition coefficient (Wildman–Crippen LogP) is 5.44. The molecule has 0 saturated carbocycles. The first-order valence-electron chi connectivity index (χ1n) is 7.93. The van der Waals surface area contributed by atoms with Crippen LogP contribution in [0.4, 0.5) is 0 Å². The molecule has 1 N–H and O–H groups in total. The first kappa shape index (κ1) is 17.6. The van der Waals surface area contributed by atoms with E-state index >= 15 is 0 Å². The molecule has 0 saturated heterocycles. The quantitative estimate of drug-likeness (QED) is 0.492. The number of halogens is 1. The van der Waals surface area contributed by atoms with Crippen LogP contribution in [0.3, 0.4) is 0 Å². The Bertz CT molecular complexity index is 962. The molecule has 3 aromatic rings. The molecule has 3 rings (SSSR count). The van der Waals surface area contributed by atoms with Crippen molar-refractivity contribution < 1.29 is 0 Å². The second-order valence-electron chi connectivity index (χ2n) is 6.76. The number of H-pyrrole nitrogens is 1. The summed E-state index contributed by atoms with van der Waals surface area (Å²) in [5, 5.41) is 12.1. The first-order chi connectivity index (χ1) is 11.9. The number of aromatic amines is 1. The molecular weight excluding hydrogens is 352 g/mol. The number of hydrogen-bond donors (Lipinski definition) is 1. The number of rotatable bonds is 3. The van der Waals surface area contributed by atoms with Gasteiger partial charge in [0.2, 0.25) is 4.77 Å². The van der Waals surface area contributed by atoms with Gasteiger partial charge in [0.1, 0.15) is 0 Å². The molecular formula is C19H19ClN4S. The maximum absolute atomic E-state index is 6.26. The summed E-state index contributed by atoms with van der Waals surface area (Å²) in [5.74, 6) is 0.582. The van der Waals surface area contributed by atoms with Gasteiger partial charge in [-0.15, -0.1) is 0 Å². The normalized spacial score (nSPS) is 12.0. The Balaban J connectivity index is 1.94. The van der Waals surface area contributed by atoms with Crippen molar-refractivity contribution in [3.63, 3.8) is 0 Å². The molecule has 0 radical (unpaired) electrons. The summed E-state index contributed by atoms with van der Waals surface area (Å²) in [7, 11) is 0. The van der Waals surface area contributed by atoms with Crippen molar-refractivity contribution in [2.45, 2.75) is 26.2 Å². The van der Waals surface area contributed by atoms with Gasteiger partial charge >= 0.3 is 0 Å². The van der Waals surface area contributed by atoms with Gasteiger partial charge in [-0.05, 0) is 40.9 Å². The standard InChI is InChI=1S/C19H19ClN4S/c1-19(2,3)14-10-8-13(9-11-14)12-21-24-17(22-23-18(24)25)15-6-4-5-7-16(15)20/h4-12H,1-3H3,(H,23,25). The van der Waals surface area contributed by atoms with Crippen LogP contribution in [0, 0.1) is 4.77 Å². The van der Waals surface area contributed by atoms with Crippen LogP contribution in [0.2, 0.25) is 5.02 Å². The molecule has 1 aromatic heterocycles. The van der Waals surface area contributed by atoms with Crippen LogP contribution in [0.25, 0.3) is 11.4 Å². The Morgan fingerprint density at radius 2 is 1.80 bits per heavy atom. The molecule has 25 heavy (non-hydrogen) atoms. The Morgan fingerprint density at radius 3 is 2.44 bits per heavy atom. The van der Waals surface area contributed by atoms with E-state index in [0.717, 1.165) is 11.1 Å². The van der Waals surface area contributed by atoms with E-state index in [1.807, 2.05) is 36.4 Å². The zero-order valence-corrected chi connectivity index (χ0v) is 15.9. The van der Waals surface area contributed by atoms with Gasteiger partial charge in [0.15, 0.2) is 5.82 Å². The third-order valence-electron chi connectivity index (χ3n) is 3.86. The highest BCUT2D eigenvalue weighted by Gasteiger charge is 2.13. The molecule has 6 heteroatoms. The molecule has 0 bridgehead atoms. The number of benzene rings is 2. The number of nitrogens with zero attached hydrogens (tertiary/aromatic N) is 3. The summed E-state index contributed by atoms with van der Waals surface area (Å²) < 4.78 is 1.99. The van der Waals surface area contributed by atoms with Gasteiger partial charge in [0.05, 0.1) is 11.2 Å². The van der Waals surface area contributed by atoms with Crippen LogP contribution >= 0.6 is 23.8 Å². The first-order valence-corrected chi connectivity index (χ1v) is 8.72. The van der Waals surface area contributed by atoms with Crippen molar-refractivity contribution in [2.75, 3.05) is 0 Å². The zero-order chi connectivity index (χ0) is 18.0.